The smallest absolute Gasteiger partial charge is 0.326 e. The van der Waals surface area contributed by atoms with Crippen LogP contribution in [0.15, 0.2) is 30.5 Å². The zero-order chi connectivity index (χ0) is 23.1. The minimum absolute atomic E-state index is 0.0905. The van der Waals surface area contributed by atoms with Gasteiger partial charge in [0.1, 0.15) is 18.1 Å². The van der Waals surface area contributed by atoms with E-state index in [1.165, 1.54) is 0 Å². The number of aromatic amines is 1. The van der Waals surface area contributed by atoms with Crippen molar-refractivity contribution in [1.82, 2.24) is 20.9 Å². The van der Waals surface area contributed by atoms with Crippen LogP contribution in [0, 0.1) is 0 Å². The van der Waals surface area contributed by atoms with Crippen LogP contribution < -0.4 is 21.7 Å². The number of fused-ring (bicyclic) bond motifs is 1. The van der Waals surface area contributed by atoms with Crippen molar-refractivity contribution in [1.29, 1.82) is 0 Å². The van der Waals surface area contributed by atoms with Crippen molar-refractivity contribution in [3.63, 3.8) is 0 Å². The van der Waals surface area contributed by atoms with Gasteiger partial charge in [0.05, 0.1) is 0 Å². The highest BCUT2D eigenvalue weighted by atomic mass is 16.4. The van der Waals surface area contributed by atoms with Gasteiger partial charge < -0.3 is 31.8 Å². The molecule has 10 nitrogen and oxygen atoms in total. The van der Waals surface area contributed by atoms with E-state index in [1.54, 1.807) is 6.20 Å². The summed E-state index contributed by atoms with van der Waals surface area (Å²) in [7, 11) is 0. The molecule has 1 fully saturated rings. The van der Waals surface area contributed by atoms with Crippen molar-refractivity contribution in [2.45, 2.75) is 56.7 Å². The monoisotopic (exact) mass is 443 g/mol. The van der Waals surface area contributed by atoms with Gasteiger partial charge >= 0.3 is 5.97 Å². The van der Waals surface area contributed by atoms with Crippen LogP contribution in [-0.4, -0.2) is 58.5 Å². The second-order valence-electron chi connectivity index (χ2n) is 7.97. The summed E-state index contributed by atoms with van der Waals surface area (Å²) in [5, 5.41) is 18.4. The predicted molar refractivity (Wildman–Crippen MR) is 118 cm³/mol. The molecular formula is C22H29N5O5. The fraction of sp³-hybridized carbons (Fsp3) is 0.455. The summed E-state index contributed by atoms with van der Waals surface area (Å²) >= 11 is 0. The van der Waals surface area contributed by atoms with Crippen LogP contribution >= 0.6 is 0 Å². The predicted octanol–water partition coefficient (Wildman–Crippen LogP) is 0.172. The molecule has 0 spiro atoms. The highest BCUT2D eigenvalue weighted by molar-refractivity contribution is 5.95. The lowest BCUT2D eigenvalue weighted by atomic mass is 10.0. The van der Waals surface area contributed by atoms with Gasteiger partial charge in [-0.25, -0.2) is 4.79 Å². The molecule has 32 heavy (non-hydrogen) atoms. The van der Waals surface area contributed by atoms with E-state index in [0.29, 0.717) is 32.2 Å². The average Bonchev–Trinajstić information content (AvgIpc) is 3.39. The number of unbranched alkanes of at least 4 members (excludes halogenated alkanes) is 1. The van der Waals surface area contributed by atoms with Crippen LogP contribution in [0.5, 0.6) is 0 Å². The first-order chi connectivity index (χ1) is 15.4. The molecule has 10 heteroatoms. The highest BCUT2D eigenvalue weighted by Gasteiger charge is 2.32. The summed E-state index contributed by atoms with van der Waals surface area (Å²) in [5.41, 5.74) is 7.18. The zero-order valence-electron chi connectivity index (χ0n) is 17.7. The molecule has 1 aliphatic rings. The van der Waals surface area contributed by atoms with Crippen LogP contribution in [0.25, 0.3) is 10.9 Å². The average molecular weight is 444 g/mol. The third-order valence-corrected chi connectivity index (χ3v) is 5.61. The van der Waals surface area contributed by atoms with Gasteiger partial charge in [-0.3, -0.25) is 14.4 Å². The normalized spacial score (nSPS) is 17.5. The first kappa shape index (κ1) is 23.3. The first-order valence-corrected chi connectivity index (χ1v) is 10.8. The summed E-state index contributed by atoms with van der Waals surface area (Å²) < 4.78 is 0. The van der Waals surface area contributed by atoms with E-state index in [-0.39, 0.29) is 18.7 Å². The van der Waals surface area contributed by atoms with E-state index in [4.69, 9.17) is 5.73 Å². The Hall–Kier alpha value is -3.40. The molecular weight excluding hydrogens is 414 g/mol. The minimum Gasteiger partial charge on any atom is -0.480 e. The fourth-order valence-electron chi connectivity index (χ4n) is 3.84. The molecule has 172 valence electrons. The Labute approximate surface area is 185 Å². The quantitative estimate of drug-likeness (QED) is 0.271. The van der Waals surface area contributed by atoms with Gasteiger partial charge in [-0.1, -0.05) is 18.2 Å². The lowest BCUT2D eigenvalue weighted by molar-refractivity contribution is -0.142. The number of carbonyl (C=O) groups excluding carboxylic acids is 3. The molecule has 3 atom stereocenters. The first-order valence-electron chi connectivity index (χ1n) is 10.8. The van der Waals surface area contributed by atoms with Gasteiger partial charge in [0.25, 0.3) is 0 Å². The minimum atomic E-state index is -1.17. The van der Waals surface area contributed by atoms with Crippen molar-refractivity contribution >= 4 is 34.6 Å². The molecule has 0 radical (unpaired) electrons. The van der Waals surface area contributed by atoms with E-state index in [1.807, 2.05) is 24.3 Å². The number of hydrogen-bond acceptors (Lipinski definition) is 5. The highest BCUT2D eigenvalue weighted by Crippen LogP contribution is 2.19. The van der Waals surface area contributed by atoms with Crippen LogP contribution in [0.1, 0.15) is 37.7 Å². The van der Waals surface area contributed by atoms with E-state index < -0.39 is 35.9 Å². The van der Waals surface area contributed by atoms with Gasteiger partial charge in [-0.2, -0.15) is 0 Å². The molecule has 0 aliphatic carbocycles. The Balaban J connectivity index is 1.69. The molecule has 2 heterocycles. The Morgan fingerprint density at radius 1 is 1.16 bits per heavy atom. The standard InChI is InChI=1S/C22H29N5O5/c23-10-4-3-7-16(26-21(30)17-8-9-19(28)25-17)20(29)27-18(22(31)32)11-13-12-24-15-6-2-1-5-14(13)15/h1-2,5-6,12,16-18,24H,3-4,7-11,23H2,(H,25,28)(H,26,30)(H,27,29)(H,31,32)/t16-,17-,18-/m0/s1. The fourth-order valence-corrected chi connectivity index (χ4v) is 3.84. The molecule has 0 bridgehead atoms. The van der Waals surface area contributed by atoms with Crippen molar-refractivity contribution in [2.75, 3.05) is 6.54 Å². The Morgan fingerprint density at radius 2 is 1.94 bits per heavy atom. The van der Waals surface area contributed by atoms with Crippen molar-refractivity contribution in [3.8, 4) is 0 Å². The lowest BCUT2D eigenvalue weighted by Crippen LogP contribution is -2.54. The van der Waals surface area contributed by atoms with Gasteiger partial charge in [0, 0.05) is 29.9 Å². The number of nitrogens with two attached hydrogens (primary N) is 1. The van der Waals surface area contributed by atoms with Crippen molar-refractivity contribution < 1.29 is 24.3 Å². The largest absolute Gasteiger partial charge is 0.480 e. The summed E-state index contributed by atoms with van der Waals surface area (Å²) in [4.78, 5) is 51.8. The maximum atomic E-state index is 12.9. The molecule has 1 saturated heterocycles. The number of H-pyrrole nitrogens is 1. The Morgan fingerprint density at radius 3 is 2.62 bits per heavy atom. The number of amides is 3. The Kier molecular flexibility index (Phi) is 7.82. The summed E-state index contributed by atoms with van der Waals surface area (Å²) in [6, 6.07) is 4.73. The van der Waals surface area contributed by atoms with Crippen molar-refractivity contribution in [3.05, 3.63) is 36.0 Å². The number of carboxylic acids is 1. The molecule has 3 amide bonds. The summed E-state index contributed by atoms with van der Waals surface area (Å²) in [6.45, 7) is 0.444. The summed E-state index contributed by atoms with van der Waals surface area (Å²) in [6.07, 6.45) is 4.01. The van der Waals surface area contributed by atoms with Gasteiger partial charge in [-0.15, -0.1) is 0 Å². The summed E-state index contributed by atoms with van der Waals surface area (Å²) in [5.74, 6) is -2.41. The second kappa shape index (κ2) is 10.8. The molecule has 7 N–H and O–H groups in total. The zero-order valence-corrected chi connectivity index (χ0v) is 17.7. The van der Waals surface area contributed by atoms with Crippen LogP contribution in [-0.2, 0) is 25.6 Å². The third-order valence-electron chi connectivity index (χ3n) is 5.61. The number of rotatable bonds is 11. The lowest BCUT2D eigenvalue weighted by Gasteiger charge is -2.23. The molecule has 3 rings (SSSR count). The van der Waals surface area contributed by atoms with E-state index in [0.717, 1.165) is 16.5 Å². The molecule has 1 aromatic heterocycles. The number of carboxylic acid groups (broad SMARTS) is 1. The van der Waals surface area contributed by atoms with E-state index in [9.17, 15) is 24.3 Å². The number of aromatic nitrogens is 1. The number of nitrogens with one attached hydrogen (secondary N) is 4. The topological polar surface area (TPSA) is 166 Å². The van der Waals surface area contributed by atoms with E-state index >= 15 is 0 Å². The van der Waals surface area contributed by atoms with Crippen molar-refractivity contribution in [2.24, 2.45) is 5.73 Å². The molecule has 1 aliphatic heterocycles. The number of carbonyl (C=O) groups is 4. The molecule has 0 unspecified atom stereocenters. The number of benzene rings is 1. The van der Waals surface area contributed by atoms with Gasteiger partial charge in [0.2, 0.25) is 17.7 Å². The molecule has 0 saturated carbocycles. The number of aliphatic carboxylic acids is 1. The maximum absolute atomic E-state index is 12.9. The van der Waals surface area contributed by atoms with E-state index in [2.05, 4.69) is 20.9 Å². The van der Waals surface area contributed by atoms with Crippen LogP contribution in [0.4, 0.5) is 0 Å². The molecule has 1 aromatic carbocycles. The SMILES string of the molecule is NCCCC[C@H](NC(=O)[C@@H]1CCC(=O)N1)C(=O)N[C@@H](Cc1c[nH]c2ccccc12)C(=O)O. The van der Waals surface area contributed by atoms with Gasteiger partial charge in [-0.05, 0) is 43.9 Å². The molecule has 2 aromatic rings. The second-order valence-corrected chi connectivity index (χ2v) is 7.97. The number of hydrogen-bond donors (Lipinski definition) is 6. The third kappa shape index (κ3) is 5.85. The van der Waals surface area contributed by atoms with Crippen LogP contribution in [0.3, 0.4) is 0 Å². The van der Waals surface area contributed by atoms with Crippen LogP contribution in [0.2, 0.25) is 0 Å². The Bertz CT molecular complexity index is 988. The van der Waals surface area contributed by atoms with Gasteiger partial charge in [0.15, 0.2) is 0 Å². The number of para-hydroxylation sites is 1. The maximum Gasteiger partial charge on any atom is 0.326 e.